The van der Waals surface area contributed by atoms with Crippen molar-refractivity contribution in [2.75, 3.05) is 6.54 Å². The molecular weight excluding hydrogens is 320 g/mol. The number of carbonyl (C=O) groups is 1. The third kappa shape index (κ3) is 4.60. The van der Waals surface area contributed by atoms with Crippen LogP contribution in [-0.4, -0.2) is 28.4 Å². The fourth-order valence-corrected chi connectivity index (χ4v) is 3.90. The maximum Gasteiger partial charge on any atom is 0.315 e. The Labute approximate surface area is 147 Å². The van der Waals surface area contributed by atoms with Gasteiger partial charge in [0.05, 0.1) is 11.4 Å². The molecular formula is C18H26N4OS. The molecule has 0 atom stereocenters. The van der Waals surface area contributed by atoms with Crippen LogP contribution in [0.1, 0.15) is 44.2 Å². The van der Waals surface area contributed by atoms with Gasteiger partial charge < -0.3 is 10.6 Å². The van der Waals surface area contributed by atoms with Crippen LogP contribution in [0.4, 0.5) is 4.79 Å². The van der Waals surface area contributed by atoms with Crippen LogP contribution in [0.3, 0.4) is 0 Å². The summed E-state index contributed by atoms with van der Waals surface area (Å²) in [6, 6.07) is 6.50. The van der Waals surface area contributed by atoms with E-state index in [1.165, 1.54) is 30.6 Å². The molecule has 0 radical (unpaired) electrons. The monoisotopic (exact) mass is 346 g/mol. The van der Waals surface area contributed by atoms with Crippen molar-refractivity contribution in [3.63, 3.8) is 0 Å². The number of thiophene rings is 1. The van der Waals surface area contributed by atoms with Crippen molar-refractivity contribution in [1.29, 1.82) is 0 Å². The van der Waals surface area contributed by atoms with E-state index in [0.717, 1.165) is 24.2 Å². The molecule has 0 aromatic carbocycles. The number of nitrogens with one attached hydrogen (secondary N) is 2. The Kier molecular flexibility index (Phi) is 5.91. The molecule has 0 unspecified atom stereocenters. The summed E-state index contributed by atoms with van der Waals surface area (Å²) in [5, 5.41) is 12.8. The maximum absolute atomic E-state index is 12.0. The highest BCUT2D eigenvalue weighted by Gasteiger charge is 2.14. The third-order valence-corrected chi connectivity index (χ3v) is 5.45. The number of carbonyl (C=O) groups excluding carboxylic acids is 1. The fourth-order valence-electron chi connectivity index (χ4n) is 3.22. The van der Waals surface area contributed by atoms with Gasteiger partial charge in [0, 0.05) is 18.3 Å². The second kappa shape index (κ2) is 8.33. The normalized spacial score (nSPS) is 15.9. The summed E-state index contributed by atoms with van der Waals surface area (Å²) in [4.78, 5) is 13.2. The fraction of sp³-hybridized carbons (Fsp3) is 0.556. The average Bonchev–Trinajstić information content (AvgIpc) is 3.14. The lowest BCUT2D eigenvalue weighted by atomic mass is 10.1. The minimum atomic E-state index is -0.0508. The average molecular weight is 347 g/mol. The van der Waals surface area contributed by atoms with Crippen LogP contribution in [0.15, 0.2) is 23.6 Å². The number of rotatable bonds is 5. The van der Waals surface area contributed by atoms with E-state index in [-0.39, 0.29) is 6.03 Å². The van der Waals surface area contributed by atoms with Crippen molar-refractivity contribution in [1.82, 2.24) is 20.4 Å². The molecule has 130 valence electrons. The third-order valence-electron chi connectivity index (χ3n) is 4.55. The van der Waals surface area contributed by atoms with E-state index in [0.29, 0.717) is 19.1 Å². The van der Waals surface area contributed by atoms with Crippen molar-refractivity contribution in [2.45, 2.75) is 58.0 Å². The van der Waals surface area contributed by atoms with Gasteiger partial charge in [-0.3, -0.25) is 4.68 Å². The minimum Gasteiger partial charge on any atom is -0.336 e. The number of aromatic nitrogens is 2. The maximum atomic E-state index is 12.0. The summed E-state index contributed by atoms with van der Waals surface area (Å²) >= 11 is 1.69. The lowest BCUT2D eigenvalue weighted by Crippen LogP contribution is -2.42. The second-order valence-corrected chi connectivity index (χ2v) is 7.41. The van der Waals surface area contributed by atoms with Gasteiger partial charge in [0.25, 0.3) is 0 Å². The van der Waals surface area contributed by atoms with Gasteiger partial charge in [-0.05, 0) is 37.3 Å². The summed E-state index contributed by atoms with van der Waals surface area (Å²) in [6.45, 7) is 3.33. The summed E-state index contributed by atoms with van der Waals surface area (Å²) in [7, 11) is 0. The number of hydrogen-bond acceptors (Lipinski definition) is 3. The molecule has 1 saturated carbocycles. The zero-order valence-electron chi connectivity index (χ0n) is 14.3. The first-order chi connectivity index (χ1) is 11.7. The van der Waals surface area contributed by atoms with Gasteiger partial charge in [-0.1, -0.05) is 31.7 Å². The Balaban J connectivity index is 1.45. The number of aryl methyl sites for hydroxylation is 1. The van der Waals surface area contributed by atoms with Gasteiger partial charge in [0.15, 0.2) is 0 Å². The van der Waals surface area contributed by atoms with Gasteiger partial charge in [0.1, 0.15) is 5.69 Å². The highest BCUT2D eigenvalue weighted by molar-refractivity contribution is 7.13. The Morgan fingerprint density at radius 3 is 2.83 bits per heavy atom. The minimum absolute atomic E-state index is 0.0508. The number of amides is 2. The molecule has 24 heavy (non-hydrogen) atoms. The van der Waals surface area contributed by atoms with Crippen molar-refractivity contribution >= 4 is 17.4 Å². The van der Waals surface area contributed by atoms with E-state index < -0.39 is 0 Å². The first kappa shape index (κ1) is 17.0. The van der Waals surface area contributed by atoms with Crippen LogP contribution in [0, 0.1) is 6.92 Å². The van der Waals surface area contributed by atoms with E-state index in [2.05, 4.69) is 40.2 Å². The molecule has 5 nitrogen and oxygen atoms in total. The molecule has 2 heterocycles. The topological polar surface area (TPSA) is 59.0 Å². The van der Waals surface area contributed by atoms with Crippen LogP contribution in [-0.2, 0) is 6.54 Å². The number of hydrogen-bond donors (Lipinski definition) is 2. The van der Waals surface area contributed by atoms with Gasteiger partial charge in [-0.25, -0.2) is 4.79 Å². The highest BCUT2D eigenvalue weighted by Crippen LogP contribution is 2.23. The summed E-state index contributed by atoms with van der Waals surface area (Å²) < 4.78 is 1.96. The summed E-state index contributed by atoms with van der Waals surface area (Å²) in [5.74, 6) is 0. The van der Waals surface area contributed by atoms with Crippen LogP contribution < -0.4 is 10.6 Å². The molecule has 2 aromatic rings. The molecule has 1 fully saturated rings. The first-order valence-corrected chi connectivity index (χ1v) is 9.73. The molecule has 6 heteroatoms. The van der Waals surface area contributed by atoms with Crippen LogP contribution in [0.2, 0.25) is 0 Å². The number of urea groups is 1. The Bertz CT molecular complexity index is 642. The lowest BCUT2D eigenvalue weighted by Gasteiger charge is -2.16. The predicted molar refractivity (Wildman–Crippen MR) is 98.3 cm³/mol. The molecule has 0 spiro atoms. The van der Waals surface area contributed by atoms with Crippen LogP contribution in [0.5, 0.6) is 0 Å². The zero-order valence-corrected chi connectivity index (χ0v) is 15.1. The zero-order chi connectivity index (χ0) is 16.8. The Morgan fingerprint density at radius 1 is 1.33 bits per heavy atom. The van der Waals surface area contributed by atoms with Crippen LogP contribution in [0.25, 0.3) is 10.6 Å². The molecule has 1 aliphatic carbocycles. The second-order valence-electron chi connectivity index (χ2n) is 6.46. The van der Waals surface area contributed by atoms with Crippen LogP contribution >= 0.6 is 11.3 Å². The van der Waals surface area contributed by atoms with Gasteiger partial charge in [-0.15, -0.1) is 11.3 Å². The molecule has 2 amide bonds. The Morgan fingerprint density at radius 2 is 2.12 bits per heavy atom. The molecule has 2 aromatic heterocycles. The largest absolute Gasteiger partial charge is 0.336 e. The van der Waals surface area contributed by atoms with E-state index in [4.69, 9.17) is 0 Å². The van der Waals surface area contributed by atoms with E-state index in [9.17, 15) is 4.79 Å². The van der Waals surface area contributed by atoms with Gasteiger partial charge >= 0.3 is 6.03 Å². The quantitative estimate of drug-likeness (QED) is 0.806. The van der Waals surface area contributed by atoms with Crippen molar-refractivity contribution in [3.8, 4) is 10.6 Å². The standard InChI is InChI=1S/C18H26N4OS/c1-14-13-16(17-9-6-12-24-17)21-22(14)11-10-19-18(23)20-15-7-4-2-3-5-8-15/h6,9,12-13,15H,2-5,7-8,10-11H2,1H3,(H2,19,20,23). The van der Waals surface area contributed by atoms with E-state index in [1.807, 2.05) is 10.7 Å². The molecule has 0 bridgehead atoms. The van der Waals surface area contributed by atoms with Gasteiger partial charge in [0.2, 0.25) is 0 Å². The predicted octanol–water partition coefficient (Wildman–Crippen LogP) is 3.94. The SMILES string of the molecule is Cc1cc(-c2cccs2)nn1CCNC(=O)NC1CCCCCC1. The lowest BCUT2D eigenvalue weighted by molar-refractivity contribution is 0.235. The molecule has 0 saturated heterocycles. The smallest absolute Gasteiger partial charge is 0.315 e. The number of nitrogens with zero attached hydrogens (tertiary/aromatic N) is 2. The van der Waals surface area contributed by atoms with Crippen molar-refractivity contribution < 1.29 is 4.79 Å². The van der Waals surface area contributed by atoms with Crippen molar-refractivity contribution in [3.05, 3.63) is 29.3 Å². The summed E-state index contributed by atoms with van der Waals surface area (Å²) in [5.41, 5.74) is 2.12. The van der Waals surface area contributed by atoms with Crippen molar-refractivity contribution in [2.24, 2.45) is 0 Å². The first-order valence-electron chi connectivity index (χ1n) is 8.85. The summed E-state index contributed by atoms with van der Waals surface area (Å²) in [6.07, 6.45) is 7.26. The molecule has 2 N–H and O–H groups in total. The molecule has 1 aliphatic rings. The van der Waals surface area contributed by atoms with E-state index in [1.54, 1.807) is 11.3 Å². The Hall–Kier alpha value is -1.82. The molecule has 3 rings (SSSR count). The highest BCUT2D eigenvalue weighted by atomic mass is 32.1. The molecule has 0 aliphatic heterocycles. The van der Waals surface area contributed by atoms with Gasteiger partial charge in [-0.2, -0.15) is 5.10 Å². The van der Waals surface area contributed by atoms with E-state index >= 15 is 0 Å².